The minimum atomic E-state index is -0.255. The van der Waals surface area contributed by atoms with E-state index in [-0.39, 0.29) is 12.1 Å². The summed E-state index contributed by atoms with van der Waals surface area (Å²) in [5, 5.41) is 10.0. The molecule has 0 unspecified atom stereocenters. The average Bonchev–Trinajstić information content (AvgIpc) is 3.28. The van der Waals surface area contributed by atoms with E-state index in [0.29, 0.717) is 11.7 Å². The fourth-order valence-corrected chi connectivity index (χ4v) is 3.92. The third-order valence-corrected chi connectivity index (χ3v) is 5.64. The monoisotopic (exact) mass is 433 g/mol. The molecule has 1 aromatic heterocycles. The third-order valence-electron chi connectivity index (χ3n) is 4.90. The zero-order valence-electron chi connectivity index (χ0n) is 17.3. The summed E-state index contributed by atoms with van der Waals surface area (Å²) in [5.74, 6) is 0.802. The van der Waals surface area contributed by atoms with E-state index in [4.69, 9.17) is 4.74 Å². The molecule has 31 heavy (non-hydrogen) atoms. The van der Waals surface area contributed by atoms with Crippen molar-refractivity contribution in [3.63, 3.8) is 0 Å². The van der Waals surface area contributed by atoms with Crippen LogP contribution >= 0.6 is 11.3 Å². The van der Waals surface area contributed by atoms with Crippen LogP contribution in [0.25, 0.3) is 5.57 Å². The lowest BCUT2D eigenvalue weighted by Crippen LogP contribution is -2.43. The smallest absolute Gasteiger partial charge is 0.322 e. The van der Waals surface area contributed by atoms with Gasteiger partial charge < -0.3 is 15.0 Å². The Morgan fingerprint density at radius 3 is 2.71 bits per heavy atom. The number of hydrogen-bond donors (Lipinski definition) is 2. The van der Waals surface area contributed by atoms with Gasteiger partial charge >= 0.3 is 6.03 Å². The topological polar surface area (TPSA) is 78.8 Å². The van der Waals surface area contributed by atoms with E-state index in [1.54, 1.807) is 18.2 Å². The number of urea groups is 1. The van der Waals surface area contributed by atoms with Crippen molar-refractivity contribution < 1.29 is 9.53 Å². The summed E-state index contributed by atoms with van der Waals surface area (Å²) in [6.45, 7) is 2.52. The Hall–Kier alpha value is -3.65. The number of nitrogens with one attached hydrogen (secondary N) is 2. The first-order valence-corrected chi connectivity index (χ1v) is 10.8. The minimum Gasteiger partial charge on any atom is -0.497 e. The molecular weight excluding hydrogens is 410 g/mol. The molecule has 1 atom stereocenters. The number of nitrogens with zero attached hydrogens (tertiary/aromatic N) is 3. The Kier molecular flexibility index (Phi) is 6.28. The molecular formula is C23H23N5O2S. The molecule has 7 nitrogen and oxygen atoms in total. The first-order valence-electron chi connectivity index (χ1n) is 9.90. The summed E-state index contributed by atoms with van der Waals surface area (Å²) in [5.41, 5.74) is 6.69. The second-order valence-corrected chi connectivity index (χ2v) is 7.70. The van der Waals surface area contributed by atoms with E-state index in [9.17, 15) is 4.79 Å². The van der Waals surface area contributed by atoms with Gasteiger partial charge in [0.2, 0.25) is 5.13 Å². The lowest BCUT2D eigenvalue weighted by Gasteiger charge is -2.31. The summed E-state index contributed by atoms with van der Waals surface area (Å²) in [6, 6.07) is 17.2. The molecule has 2 amide bonds. The lowest BCUT2D eigenvalue weighted by atomic mass is 9.96. The molecule has 8 heteroatoms. The average molecular weight is 434 g/mol. The fraction of sp³-hybridized carbons (Fsp3) is 0.174. The number of benzene rings is 2. The molecule has 4 rings (SSSR count). The number of hydrogen-bond acceptors (Lipinski definition) is 6. The number of carbonyl (C=O) groups excluding carboxylic acids is 1. The quantitative estimate of drug-likeness (QED) is 0.417. The van der Waals surface area contributed by atoms with Crippen molar-refractivity contribution in [1.82, 2.24) is 15.2 Å². The zero-order chi connectivity index (χ0) is 21.6. The van der Waals surface area contributed by atoms with Crippen LogP contribution in [-0.4, -0.2) is 35.8 Å². The number of amides is 2. The highest BCUT2D eigenvalue weighted by Gasteiger charge is 2.29. The molecule has 158 valence electrons. The van der Waals surface area contributed by atoms with Crippen LogP contribution < -0.4 is 15.5 Å². The van der Waals surface area contributed by atoms with Gasteiger partial charge in [0.25, 0.3) is 0 Å². The van der Waals surface area contributed by atoms with Gasteiger partial charge in [-0.3, -0.25) is 5.43 Å². The van der Waals surface area contributed by atoms with Crippen molar-refractivity contribution in [3.8, 4) is 5.75 Å². The minimum absolute atomic E-state index is 0.113. The molecule has 0 bridgehead atoms. The number of ether oxygens (including phenoxy) is 1. The number of methoxy groups -OCH3 is 1. The van der Waals surface area contributed by atoms with E-state index in [2.05, 4.69) is 20.8 Å². The highest BCUT2D eigenvalue weighted by atomic mass is 32.1. The molecule has 2 heterocycles. The summed E-state index contributed by atoms with van der Waals surface area (Å²) < 4.78 is 5.16. The Morgan fingerprint density at radius 2 is 2.00 bits per heavy atom. The van der Waals surface area contributed by atoms with Gasteiger partial charge in [-0.2, -0.15) is 5.10 Å². The number of anilines is 1. The number of hydrazone groups is 1. The predicted octanol–water partition coefficient (Wildman–Crippen LogP) is 4.73. The van der Waals surface area contributed by atoms with Gasteiger partial charge in [-0.05, 0) is 42.3 Å². The van der Waals surface area contributed by atoms with E-state index < -0.39 is 0 Å². The van der Waals surface area contributed by atoms with Crippen LogP contribution in [-0.2, 0) is 0 Å². The first kappa shape index (κ1) is 20.6. The Morgan fingerprint density at radius 1 is 1.23 bits per heavy atom. The van der Waals surface area contributed by atoms with Crippen LogP contribution in [0.1, 0.15) is 29.8 Å². The van der Waals surface area contributed by atoms with Gasteiger partial charge in [-0.25, -0.2) is 9.78 Å². The summed E-state index contributed by atoms with van der Waals surface area (Å²) in [7, 11) is 1.64. The molecule has 1 aliphatic rings. The summed E-state index contributed by atoms with van der Waals surface area (Å²) in [6.07, 6.45) is 3.61. The van der Waals surface area contributed by atoms with E-state index in [0.717, 1.165) is 28.1 Å². The van der Waals surface area contributed by atoms with Crippen LogP contribution in [0.4, 0.5) is 9.93 Å². The zero-order valence-corrected chi connectivity index (χ0v) is 18.1. The van der Waals surface area contributed by atoms with Crippen LogP contribution in [0.15, 0.2) is 71.3 Å². The molecule has 2 aromatic carbocycles. The third kappa shape index (κ3) is 4.75. The molecule has 0 saturated heterocycles. The molecule has 0 aliphatic carbocycles. The van der Waals surface area contributed by atoms with Crippen molar-refractivity contribution in [3.05, 3.63) is 83.0 Å². The summed E-state index contributed by atoms with van der Waals surface area (Å²) >= 11 is 1.46. The molecule has 0 fully saturated rings. The maximum Gasteiger partial charge on any atom is 0.322 e. The van der Waals surface area contributed by atoms with E-state index in [1.165, 1.54) is 11.3 Å². The first-order chi connectivity index (χ1) is 15.2. The maximum absolute atomic E-state index is 12.4. The van der Waals surface area contributed by atoms with Crippen LogP contribution in [0, 0.1) is 0 Å². The van der Waals surface area contributed by atoms with E-state index >= 15 is 0 Å². The van der Waals surface area contributed by atoms with Gasteiger partial charge in [-0.1, -0.05) is 30.3 Å². The van der Waals surface area contributed by atoms with Gasteiger partial charge in [0.1, 0.15) is 5.75 Å². The Bertz CT molecular complexity index is 1090. The van der Waals surface area contributed by atoms with Crippen molar-refractivity contribution in [2.75, 3.05) is 19.1 Å². The number of thiazole rings is 1. The second kappa shape index (κ2) is 9.44. The molecule has 0 spiro atoms. The number of carbonyl (C=O) groups is 1. The Balaban J connectivity index is 1.53. The molecule has 0 saturated carbocycles. The number of aromatic nitrogens is 1. The van der Waals surface area contributed by atoms with Crippen molar-refractivity contribution in [2.24, 2.45) is 5.10 Å². The van der Waals surface area contributed by atoms with Gasteiger partial charge in [0.15, 0.2) is 0 Å². The second-order valence-electron chi connectivity index (χ2n) is 6.84. The normalized spacial score (nSPS) is 16.2. The molecule has 3 aromatic rings. The van der Waals surface area contributed by atoms with Crippen LogP contribution in [0.5, 0.6) is 5.75 Å². The highest BCUT2D eigenvalue weighted by Crippen LogP contribution is 2.34. The van der Waals surface area contributed by atoms with Crippen molar-refractivity contribution in [2.45, 2.75) is 13.0 Å². The largest absolute Gasteiger partial charge is 0.497 e. The standard InChI is InChI=1S/C23H23N5O2S/c1-3-28-14-19(21(26-23(28)29)17-7-5-4-6-8-17)20-15-31-22(25-20)27-24-13-16-9-11-18(30-2)12-10-16/h4-15,21H,3H2,1-2H3,(H,25,27)(H,26,29)/b24-13-/t21-/m0/s1. The molecule has 2 N–H and O–H groups in total. The summed E-state index contributed by atoms with van der Waals surface area (Å²) in [4.78, 5) is 18.8. The highest BCUT2D eigenvalue weighted by molar-refractivity contribution is 7.13. The lowest BCUT2D eigenvalue weighted by molar-refractivity contribution is 0.212. The van der Waals surface area contributed by atoms with E-state index in [1.807, 2.05) is 73.1 Å². The van der Waals surface area contributed by atoms with Crippen molar-refractivity contribution in [1.29, 1.82) is 0 Å². The Labute approximate surface area is 185 Å². The maximum atomic E-state index is 12.4. The number of rotatable bonds is 7. The van der Waals surface area contributed by atoms with Gasteiger partial charge in [0, 0.05) is 23.7 Å². The van der Waals surface area contributed by atoms with Gasteiger partial charge in [0.05, 0.1) is 25.1 Å². The van der Waals surface area contributed by atoms with Crippen LogP contribution in [0.2, 0.25) is 0 Å². The van der Waals surface area contributed by atoms with Crippen molar-refractivity contribution >= 4 is 34.3 Å². The predicted molar refractivity (Wildman–Crippen MR) is 124 cm³/mol. The molecule has 0 radical (unpaired) electrons. The van der Waals surface area contributed by atoms with Crippen LogP contribution in [0.3, 0.4) is 0 Å². The fourth-order valence-electron chi connectivity index (χ4n) is 3.25. The SMILES string of the molecule is CCN1C=C(c2csc(N/N=C\c3ccc(OC)cc3)n2)[C@H](c2ccccc2)NC1=O. The van der Waals surface area contributed by atoms with Gasteiger partial charge in [-0.15, -0.1) is 11.3 Å². The molecule has 1 aliphatic heterocycles.